The summed E-state index contributed by atoms with van der Waals surface area (Å²) < 4.78 is 40.7. The fourth-order valence-corrected chi connectivity index (χ4v) is 4.08. The van der Waals surface area contributed by atoms with E-state index < -0.39 is 23.4 Å². The van der Waals surface area contributed by atoms with E-state index in [4.69, 9.17) is 20.9 Å². The molecule has 0 radical (unpaired) electrons. The number of ether oxygens (including phenoxy) is 2. The number of carbonyl (C=O) groups excluding carboxylic acids is 2. The minimum absolute atomic E-state index is 0.0184. The molecule has 0 spiro atoms. The Morgan fingerprint density at radius 1 is 1.20 bits per heavy atom. The predicted molar refractivity (Wildman–Crippen MR) is 124 cm³/mol. The van der Waals surface area contributed by atoms with Crippen LogP contribution in [0.15, 0.2) is 36.4 Å². The summed E-state index contributed by atoms with van der Waals surface area (Å²) in [6, 6.07) is 7.74. The highest BCUT2D eigenvalue weighted by Crippen LogP contribution is 2.33. The molecule has 35 heavy (non-hydrogen) atoms. The second-order valence-corrected chi connectivity index (χ2v) is 8.10. The van der Waals surface area contributed by atoms with E-state index in [1.165, 1.54) is 36.1 Å². The molecule has 1 aliphatic heterocycles. The van der Waals surface area contributed by atoms with E-state index in [-0.39, 0.29) is 46.5 Å². The zero-order valence-corrected chi connectivity index (χ0v) is 19.0. The maximum atomic E-state index is 15.1. The highest BCUT2D eigenvalue weighted by molar-refractivity contribution is 6.03. The molecule has 0 unspecified atom stereocenters. The van der Waals surface area contributed by atoms with Crippen LogP contribution in [-0.4, -0.2) is 41.9 Å². The average Bonchev–Trinajstić information content (AvgIpc) is 3.20. The molecular weight excluding hydrogens is 460 g/mol. The molecule has 184 valence electrons. The Balaban J connectivity index is 1.57. The molecule has 4 rings (SSSR count). The molecule has 0 aliphatic carbocycles. The van der Waals surface area contributed by atoms with E-state index in [0.29, 0.717) is 31.6 Å². The van der Waals surface area contributed by atoms with Crippen molar-refractivity contribution in [2.75, 3.05) is 26.1 Å². The number of rotatable bonds is 7. The van der Waals surface area contributed by atoms with Crippen LogP contribution in [0.1, 0.15) is 45.2 Å². The summed E-state index contributed by atoms with van der Waals surface area (Å²) in [5.74, 6) is -2.35. The Kier molecular flexibility index (Phi) is 6.97. The van der Waals surface area contributed by atoms with E-state index in [1.807, 2.05) is 0 Å². The number of primary amides is 1. The number of hydrogen-bond acceptors (Lipinski definition) is 6. The van der Waals surface area contributed by atoms with Crippen molar-refractivity contribution in [1.29, 1.82) is 0 Å². The third-order valence-electron chi connectivity index (χ3n) is 5.88. The van der Waals surface area contributed by atoms with Crippen LogP contribution in [0.4, 0.5) is 14.6 Å². The van der Waals surface area contributed by atoms with Gasteiger partial charge >= 0.3 is 0 Å². The van der Waals surface area contributed by atoms with Gasteiger partial charge in [0.2, 0.25) is 0 Å². The van der Waals surface area contributed by atoms with Gasteiger partial charge in [0, 0.05) is 25.3 Å². The first kappa shape index (κ1) is 24.1. The number of nitrogens with zero attached hydrogens (tertiary/aromatic N) is 2. The van der Waals surface area contributed by atoms with Crippen molar-refractivity contribution in [2.24, 2.45) is 5.73 Å². The number of methoxy groups -OCH3 is 1. The van der Waals surface area contributed by atoms with Crippen molar-refractivity contribution >= 4 is 17.6 Å². The smallest absolute Gasteiger partial charge is 0.255 e. The second kappa shape index (κ2) is 10.1. The van der Waals surface area contributed by atoms with Gasteiger partial charge in [-0.2, -0.15) is 5.10 Å². The zero-order valence-electron chi connectivity index (χ0n) is 19.0. The van der Waals surface area contributed by atoms with Crippen molar-refractivity contribution in [3.63, 3.8) is 0 Å². The molecule has 5 N–H and O–H groups in total. The van der Waals surface area contributed by atoms with E-state index in [2.05, 4.69) is 10.4 Å². The molecule has 11 heteroatoms. The van der Waals surface area contributed by atoms with Crippen LogP contribution in [0.25, 0.3) is 11.3 Å². The van der Waals surface area contributed by atoms with Crippen LogP contribution < -0.4 is 21.5 Å². The highest BCUT2D eigenvalue weighted by Gasteiger charge is 2.28. The number of carbonyl (C=O) groups is 2. The van der Waals surface area contributed by atoms with Gasteiger partial charge in [-0.25, -0.2) is 13.5 Å². The first-order valence-corrected chi connectivity index (χ1v) is 11.0. The molecular formula is C24H25F2N5O4. The molecule has 3 aromatic rings. The second-order valence-electron chi connectivity index (χ2n) is 8.10. The average molecular weight is 485 g/mol. The Labute approximate surface area is 200 Å². The van der Waals surface area contributed by atoms with E-state index in [1.54, 1.807) is 6.07 Å². The van der Waals surface area contributed by atoms with Crippen LogP contribution in [-0.2, 0) is 11.3 Å². The maximum absolute atomic E-state index is 15.1. The number of anilines is 1. The molecule has 9 nitrogen and oxygen atoms in total. The third kappa shape index (κ3) is 4.94. The molecule has 0 bridgehead atoms. The Hall–Kier alpha value is -3.99. The van der Waals surface area contributed by atoms with Crippen molar-refractivity contribution in [3.8, 4) is 17.0 Å². The predicted octanol–water partition coefficient (Wildman–Crippen LogP) is 2.80. The van der Waals surface area contributed by atoms with E-state index in [9.17, 15) is 14.0 Å². The summed E-state index contributed by atoms with van der Waals surface area (Å²) in [6.45, 7) is 1.03. The topological polar surface area (TPSA) is 134 Å². The summed E-state index contributed by atoms with van der Waals surface area (Å²) in [4.78, 5) is 24.6. The van der Waals surface area contributed by atoms with Gasteiger partial charge in [-0.3, -0.25) is 9.59 Å². The highest BCUT2D eigenvalue weighted by atomic mass is 19.1. The lowest BCUT2D eigenvalue weighted by Crippen LogP contribution is -2.23. The number of nitrogens with two attached hydrogens (primary N) is 2. The molecule has 2 heterocycles. The van der Waals surface area contributed by atoms with E-state index >= 15 is 4.39 Å². The Bertz CT molecular complexity index is 1270. The largest absolute Gasteiger partial charge is 0.496 e. The number of nitrogen functional groups attached to an aromatic ring is 1. The molecule has 0 saturated carbocycles. The van der Waals surface area contributed by atoms with Crippen LogP contribution in [0, 0.1) is 11.6 Å². The normalized spacial score (nSPS) is 14.0. The van der Waals surface area contributed by atoms with Gasteiger partial charge in [-0.05, 0) is 48.7 Å². The lowest BCUT2D eigenvalue weighted by Gasteiger charge is -2.23. The quantitative estimate of drug-likeness (QED) is 0.471. The van der Waals surface area contributed by atoms with Crippen LogP contribution in [0.2, 0.25) is 0 Å². The van der Waals surface area contributed by atoms with Gasteiger partial charge in [0.15, 0.2) is 0 Å². The number of amides is 2. The molecule has 1 fully saturated rings. The Morgan fingerprint density at radius 3 is 2.60 bits per heavy atom. The fraction of sp³-hybridized carbons (Fsp3) is 0.292. The summed E-state index contributed by atoms with van der Waals surface area (Å²) >= 11 is 0. The molecule has 1 saturated heterocycles. The SMILES string of the molecule is COc1ccc(F)cc1C(=O)NCc1ccc(-c2nn(C3CCOCC3)c(N)c2C(N)=O)c(F)c1. The molecule has 1 aromatic heterocycles. The van der Waals surface area contributed by atoms with Gasteiger partial charge < -0.3 is 26.3 Å². The van der Waals surface area contributed by atoms with Gasteiger partial charge in [-0.15, -0.1) is 0 Å². The first-order chi connectivity index (χ1) is 16.8. The summed E-state index contributed by atoms with van der Waals surface area (Å²) in [5, 5.41) is 7.04. The lowest BCUT2D eigenvalue weighted by atomic mass is 10.0. The van der Waals surface area contributed by atoms with Gasteiger partial charge in [0.25, 0.3) is 11.8 Å². The number of aromatic nitrogens is 2. The number of halogens is 2. The van der Waals surface area contributed by atoms with Gasteiger partial charge in [0.05, 0.1) is 18.7 Å². The van der Waals surface area contributed by atoms with Crippen LogP contribution in [0.3, 0.4) is 0 Å². The number of nitrogens with one attached hydrogen (secondary N) is 1. The van der Waals surface area contributed by atoms with Crippen LogP contribution in [0.5, 0.6) is 5.75 Å². The molecule has 0 atom stereocenters. The minimum Gasteiger partial charge on any atom is -0.496 e. The van der Waals surface area contributed by atoms with E-state index in [0.717, 1.165) is 6.07 Å². The van der Waals surface area contributed by atoms with Gasteiger partial charge in [-0.1, -0.05) is 6.07 Å². The number of hydrogen-bond donors (Lipinski definition) is 3. The summed E-state index contributed by atoms with van der Waals surface area (Å²) in [5.41, 5.74) is 12.2. The standard InChI is InChI=1S/C24H25F2N5O4/c1-34-19-5-3-14(25)11-17(19)24(33)29-12-13-2-4-16(18(26)10-13)21-20(23(28)32)22(27)31(30-21)15-6-8-35-9-7-15/h2-5,10-11,15H,6-9,12,27H2,1H3,(H2,28,32)(H,29,33). The van der Waals surface area contributed by atoms with Crippen LogP contribution >= 0.6 is 0 Å². The van der Waals surface area contributed by atoms with Crippen molar-refractivity contribution in [3.05, 3.63) is 64.7 Å². The molecule has 2 aromatic carbocycles. The summed E-state index contributed by atoms with van der Waals surface area (Å²) in [7, 11) is 1.37. The monoisotopic (exact) mass is 485 g/mol. The molecule has 2 amide bonds. The first-order valence-electron chi connectivity index (χ1n) is 11.0. The van der Waals surface area contributed by atoms with Crippen molar-refractivity contribution in [1.82, 2.24) is 15.1 Å². The third-order valence-corrected chi connectivity index (χ3v) is 5.88. The van der Waals surface area contributed by atoms with Crippen molar-refractivity contribution in [2.45, 2.75) is 25.4 Å². The number of benzene rings is 2. The lowest BCUT2D eigenvalue weighted by molar-refractivity contribution is 0.0669. The summed E-state index contributed by atoms with van der Waals surface area (Å²) in [6.07, 6.45) is 1.31. The van der Waals surface area contributed by atoms with Crippen molar-refractivity contribution < 1.29 is 27.8 Å². The zero-order chi connectivity index (χ0) is 25.1. The fourth-order valence-electron chi connectivity index (χ4n) is 4.08. The minimum atomic E-state index is -0.810. The molecule has 1 aliphatic rings. The Morgan fingerprint density at radius 2 is 1.94 bits per heavy atom. The maximum Gasteiger partial charge on any atom is 0.255 e. The van der Waals surface area contributed by atoms with Gasteiger partial charge in [0.1, 0.15) is 34.5 Å².